The molecule has 1 saturated heterocycles. The predicted molar refractivity (Wildman–Crippen MR) is 69.9 cm³/mol. The first-order valence-electron chi connectivity index (χ1n) is 5.86. The molecule has 4 heteroatoms. The van der Waals surface area contributed by atoms with Gasteiger partial charge in [-0.2, -0.15) is 0 Å². The molecule has 0 saturated carbocycles. The number of nitrogens with zero attached hydrogens (tertiary/aromatic N) is 1. The van der Waals surface area contributed by atoms with E-state index < -0.39 is 0 Å². The fourth-order valence-corrected chi connectivity index (χ4v) is 2.16. The Morgan fingerprint density at radius 2 is 2.06 bits per heavy atom. The van der Waals surface area contributed by atoms with Crippen LogP contribution in [0.2, 0.25) is 0 Å². The molecule has 1 unspecified atom stereocenters. The van der Waals surface area contributed by atoms with Gasteiger partial charge in [0.2, 0.25) is 5.91 Å². The number of piperidine rings is 1. The number of amides is 1. The summed E-state index contributed by atoms with van der Waals surface area (Å²) >= 11 is 0. The summed E-state index contributed by atoms with van der Waals surface area (Å²) in [5, 5.41) is 3.29. The standard InChI is InChI=1S/C12H24N2O.ClH/c1-12(2,3)9-14(4)11(15)10-6-5-7-13-8-10;/h10,13H,5-9H2,1-4H3;1H. The maximum Gasteiger partial charge on any atom is 0.226 e. The molecule has 1 aliphatic rings. The van der Waals surface area contributed by atoms with E-state index in [1.807, 2.05) is 11.9 Å². The minimum Gasteiger partial charge on any atom is -0.345 e. The first-order chi connectivity index (χ1) is 6.90. The summed E-state index contributed by atoms with van der Waals surface area (Å²) in [6.07, 6.45) is 2.17. The molecule has 3 nitrogen and oxygen atoms in total. The molecule has 1 aliphatic heterocycles. The number of halogens is 1. The second-order valence-corrected chi connectivity index (χ2v) is 5.80. The predicted octanol–water partition coefficient (Wildman–Crippen LogP) is 1.91. The van der Waals surface area contributed by atoms with E-state index in [1.165, 1.54) is 0 Å². The number of hydrogen-bond acceptors (Lipinski definition) is 2. The van der Waals surface area contributed by atoms with Gasteiger partial charge in [-0.15, -0.1) is 12.4 Å². The van der Waals surface area contributed by atoms with Crippen LogP contribution in [0.1, 0.15) is 33.6 Å². The van der Waals surface area contributed by atoms with Crippen molar-refractivity contribution in [1.82, 2.24) is 10.2 Å². The number of carbonyl (C=O) groups is 1. The number of hydrogen-bond donors (Lipinski definition) is 1. The van der Waals surface area contributed by atoms with Crippen molar-refractivity contribution in [2.24, 2.45) is 11.3 Å². The van der Waals surface area contributed by atoms with Crippen LogP contribution in [-0.4, -0.2) is 37.5 Å². The van der Waals surface area contributed by atoms with Crippen LogP contribution in [0.5, 0.6) is 0 Å². The summed E-state index contributed by atoms with van der Waals surface area (Å²) in [6, 6.07) is 0. The molecule has 0 spiro atoms. The van der Waals surface area contributed by atoms with E-state index in [2.05, 4.69) is 26.1 Å². The molecule has 0 aromatic heterocycles. The van der Waals surface area contributed by atoms with Crippen molar-refractivity contribution < 1.29 is 4.79 Å². The molecule has 0 radical (unpaired) electrons. The molecular weight excluding hydrogens is 224 g/mol. The highest BCUT2D eigenvalue weighted by Crippen LogP contribution is 2.18. The van der Waals surface area contributed by atoms with Crippen molar-refractivity contribution in [2.45, 2.75) is 33.6 Å². The maximum absolute atomic E-state index is 12.1. The first kappa shape index (κ1) is 15.7. The fraction of sp³-hybridized carbons (Fsp3) is 0.917. The molecule has 1 atom stereocenters. The molecule has 0 aromatic rings. The lowest BCUT2D eigenvalue weighted by atomic mass is 9.94. The van der Waals surface area contributed by atoms with E-state index in [-0.39, 0.29) is 23.7 Å². The summed E-state index contributed by atoms with van der Waals surface area (Å²) in [5.74, 6) is 0.503. The Bertz CT molecular complexity index is 220. The van der Waals surface area contributed by atoms with Gasteiger partial charge in [-0.3, -0.25) is 4.79 Å². The average Bonchev–Trinajstić information content (AvgIpc) is 2.15. The minimum absolute atomic E-state index is 0. The van der Waals surface area contributed by atoms with E-state index in [0.29, 0.717) is 5.91 Å². The first-order valence-corrected chi connectivity index (χ1v) is 5.86. The summed E-state index contributed by atoms with van der Waals surface area (Å²) < 4.78 is 0. The fourth-order valence-electron chi connectivity index (χ4n) is 2.16. The maximum atomic E-state index is 12.1. The molecule has 1 fully saturated rings. The SMILES string of the molecule is CN(CC(C)(C)C)C(=O)C1CCCNC1.Cl. The number of rotatable bonds is 2. The molecular formula is C12H25ClN2O. The molecule has 0 aliphatic carbocycles. The Morgan fingerprint density at radius 3 is 2.50 bits per heavy atom. The minimum atomic E-state index is 0. The van der Waals surface area contributed by atoms with E-state index in [0.717, 1.165) is 32.5 Å². The molecule has 1 amide bonds. The Morgan fingerprint density at radius 1 is 1.44 bits per heavy atom. The van der Waals surface area contributed by atoms with Crippen molar-refractivity contribution in [2.75, 3.05) is 26.7 Å². The lowest BCUT2D eigenvalue weighted by molar-refractivity contribution is -0.135. The summed E-state index contributed by atoms with van der Waals surface area (Å²) in [4.78, 5) is 13.9. The lowest BCUT2D eigenvalue weighted by Crippen LogP contribution is -2.43. The van der Waals surface area contributed by atoms with E-state index in [9.17, 15) is 4.79 Å². The van der Waals surface area contributed by atoms with Gasteiger partial charge in [-0.1, -0.05) is 20.8 Å². The van der Waals surface area contributed by atoms with Crippen molar-refractivity contribution in [3.8, 4) is 0 Å². The van der Waals surface area contributed by atoms with Crippen LogP contribution < -0.4 is 5.32 Å². The van der Waals surface area contributed by atoms with Gasteiger partial charge in [-0.05, 0) is 24.8 Å². The van der Waals surface area contributed by atoms with Gasteiger partial charge >= 0.3 is 0 Å². The number of carbonyl (C=O) groups excluding carboxylic acids is 1. The van der Waals surface area contributed by atoms with Crippen LogP contribution in [0.3, 0.4) is 0 Å². The third kappa shape index (κ3) is 5.17. The highest BCUT2D eigenvalue weighted by atomic mass is 35.5. The quantitative estimate of drug-likeness (QED) is 0.810. The average molecular weight is 249 g/mol. The van der Waals surface area contributed by atoms with Crippen LogP contribution >= 0.6 is 12.4 Å². The second-order valence-electron chi connectivity index (χ2n) is 5.80. The molecule has 1 rings (SSSR count). The smallest absolute Gasteiger partial charge is 0.226 e. The van der Waals surface area contributed by atoms with Crippen LogP contribution in [0.25, 0.3) is 0 Å². The Labute approximate surface area is 105 Å². The molecule has 16 heavy (non-hydrogen) atoms. The van der Waals surface area contributed by atoms with Gasteiger partial charge in [0.15, 0.2) is 0 Å². The molecule has 96 valence electrons. The van der Waals surface area contributed by atoms with Gasteiger partial charge in [0.25, 0.3) is 0 Å². The van der Waals surface area contributed by atoms with E-state index >= 15 is 0 Å². The van der Waals surface area contributed by atoms with Crippen LogP contribution in [0.15, 0.2) is 0 Å². The van der Waals surface area contributed by atoms with Gasteiger partial charge in [0, 0.05) is 20.1 Å². The van der Waals surface area contributed by atoms with Crippen LogP contribution in [0.4, 0.5) is 0 Å². The topological polar surface area (TPSA) is 32.3 Å². The lowest BCUT2D eigenvalue weighted by Gasteiger charge is -2.31. The normalized spacial score (nSPS) is 21.1. The number of nitrogens with one attached hydrogen (secondary N) is 1. The zero-order valence-electron chi connectivity index (χ0n) is 10.9. The largest absolute Gasteiger partial charge is 0.345 e. The Balaban J connectivity index is 0.00000225. The summed E-state index contributed by atoms with van der Waals surface area (Å²) in [5.41, 5.74) is 0.187. The third-order valence-corrected chi connectivity index (χ3v) is 2.73. The highest BCUT2D eigenvalue weighted by Gasteiger charge is 2.26. The Hall–Kier alpha value is -0.280. The molecule has 0 bridgehead atoms. The van der Waals surface area contributed by atoms with E-state index in [1.54, 1.807) is 0 Å². The zero-order valence-corrected chi connectivity index (χ0v) is 11.7. The zero-order chi connectivity index (χ0) is 11.5. The molecule has 1 heterocycles. The van der Waals surface area contributed by atoms with Crippen molar-refractivity contribution in [1.29, 1.82) is 0 Å². The van der Waals surface area contributed by atoms with Crippen molar-refractivity contribution in [3.05, 3.63) is 0 Å². The third-order valence-electron chi connectivity index (χ3n) is 2.73. The van der Waals surface area contributed by atoms with Crippen molar-refractivity contribution in [3.63, 3.8) is 0 Å². The molecule has 0 aromatic carbocycles. The molecule has 1 N–H and O–H groups in total. The Kier molecular flexibility index (Phi) is 6.34. The van der Waals surface area contributed by atoms with Crippen molar-refractivity contribution >= 4 is 18.3 Å². The van der Waals surface area contributed by atoms with Gasteiger partial charge < -0.3 is 10.2 Å². The highest BCUT2D eigenvalue weighted by molar-refractivity contribution is 5.85. The van der Waals surface area contributed by atoms with Crippen LogP contribution in [0, 0.1) is 11.3 Å². The summed E-state index contributed by atoms with van der Waals surface area (Å²) in [6.45, 7) is 9.24. The van der Waals surface area contributed by atoms with E-state index in [4.69, 9.17) is 0 Å². The second kappa shape index (κ2) is 6.45. The van der Waals surface area contributed by atoms with Crippen LogP contribution in [-0.2, 0) is 4.79 Å². The van der Waals surface area contributed by atoms with Gasteiger partial charge in [-0.25, -0.2) is 0 Å². The summed E-state index contributed by atoms with van der Waals surface area (Å²) in [7, 11) is 1.92. The van der Waals surface area contributed by atoms with Gasteiger partial charge in [0.1, 0.15) is 0 Å². The van der Waals surface area contributed by atoms with Gasteiger partial charge in [0.05, 0.1) is 5.92 Å². The monoisotopic (exact) mass is 248 g/mol.